The van der Waals surface area contributed by atoms with Crippen LogP contribution < -0.4 is 0 Å². The number of nitrogens with zero attached hydrogens (tertiary/aromatic N) is 1. The fourth-order valence-electron chi connectivity index (χ4n) is 4.71. The molecule has 4 rings (SSSR count). The molecule has 0 aliphatic carbocycles. The van der Waals surface area contributed by atoms with Crippen molar-refractivity contribution in [2.45, 2.75) is 37.6 Å². The maximum absolute atomic E-state index is 13.3. The van der Waals surface area contributed by atoms with E-state index >= 15 is 0 Å². The van der Waals surface area contributed by atoms with Crippen LogP contribution in [0.4, 0.5) is 0 Å². The zero-order chi connectivity index (χ0) is 21.4. The van der Waals surface area contributed by atoms with E-state index in [0.29, 0.717) is 6.42 Å². The third kappa shape index (κ3) is 2.86. The number of esters is 1. The van der Waals surface area contributed by atoms with Crippen molar-refractivity contribution in [2.75, 3.05) is 20.2 Å². The summed E-state index contributed by atoms with van der Waals surface area (Å²) in [5.74, 6) is -3.19. The summed E-state index contributed by atoms with van der Waals surface area (Å²) in [6.45, 7) is 2.09. The number of carbonyl (C=O) groups excluding carboxylic acids is 2. The SMILES string of the molecule is CCCCOC(=O)[C@@]12CC(c3ccccc3)(c3ccccc3)O[C@]1(O)CN(C)C2=O. The highest BCUT2D eigenvalue weighted by Gasteiger charge is 2.78. The number of likely N-dealkylation sites (N-methyl/N-ethyl adjacent to an activating group) is 1. The molecule has 6 heteroatoms. The van der Waals surface area contributed by atoms with Gasteiger partial charge in [0, 0.05) is 13.5 Å². The van der Waals surface area contributed by atoms with E-state index in [-0.39, 0.29) is 19.6 Å². The monoisotopic (exact) mass is 409 g/mol. The molecular formula is C24H27NO5. The van der Waals surface area contributed by atoms with Gasteiger partial charge in [-0.15, -0.1) is 0 Å². The summed E-state index contributed by atoms with van der Waals surface area (Å²) in [5.41, 5.74) is -1.43. The van der Waals surface area contributed by atoms with E-state index in [1.165, 1.54) is 4.90 Å². The molecule has 158 valence electrons. The van der Waals surface area contributed by atoms with Gasteiger partial charge in [-0.2, -0.15) is 0 Å². The van der Waals surface area contributed by atoms with Crippen molar-refractivity contribution in [2.24, 2.45) is 5.41 Å². The molecule has 2 fully saturated rings. The first-order chi connectivity index (χ1) is 14.4. The number of hydrogen-bond donors (Lipinski definition) is 1. The third-order valence-electron chi connectivity index (χ3n) is 6.25. The average Bonchev–Trinajstić information content (AvgIpc) is 3.14. The van der Waals surface area contributed by atoms with E-state index in [1.807, 2.05) is 67.6 Å². The van der Waals surface area contributed by atoms with Crippen LogP contribution in [0.25, 0.3) is 0 Å². The summed E-state index contributed by atoms with van der Waals surface area (Å²) >= 11 is 0. The molecule has 2 heterocycles. The topological polar surface area (TPSA) is 76.1 Å². The summed E-state index contributed by atoms with van der Waals surface area (Å²) in [7, 11) is 1.57. The van der Waals surface area contributed by atoms with Gasteiger partial charge in [-0.1, -0.05) is 74.0 Å². The molecule has 0 saturated carbocycles. The predicted octanol–water partition coefficient (Wildman–Crippen LogP) is 2.84. The van der Waals surface area contributed by atoms with Crippen LogP contribution in [-0.4, -0.2) is 47.9 Å². The van der Waals surface area contributed by atoms with Crippen molar-refractivity contribution in [1.82, 2.24) is 4.90 Å². The quantitative estimate of drug-likeness (QED) is 0.451. The Morgan fingerprint density at radius 3 is 2.20 bits per heavy atom. The fourth-order valence-corrected chi connectivity index (χ4v) is 4.71. The second-order valence-corrected chi connectivity index (χ2v) is 8.18. The molecule has 30 heavy (non-hydrogen) atoms. The predicted molar refractivity (Wildman–Crippen MR) is 110 cm³/mol. The molecule has 6 nitrogen and oxygen atoms in total. The van der Waals surface area contributed by atoms with E-state index in [9.17, 15) is 14.7 Å². The smallest absolute Gasteiger partial charge is 0.327 e. The van der Waals surface area contributed by atoms with Crippen LogP contribution in [0.5, 0.6) is 0 Å². The molecule has 2 saturated heterocycles. The number of aliphatic hydroxyl groups is 1. The highest BCUT2D eigenvalue weighted by Crippen LogP contribution is 2.61. The number of likely N-dealkylation sites (tertiary alicyclic amines) is 1. The van der Waals surface area contributed by atoms with Crippen LogP contribution in [0.2, 0.25) is 0 Å². The van der Waals surface area contributed by atoms with E-state index in [2.05, 4.69) is 0 Å². The standard InChI is InChI=1S/C24H27NO5/c1-3-4-15-29-21(27)22-16-23(18-11-7-5-8-12-18,19-13-9-6-10-14-19)30-24(22,28)17-25(2)20(22)26/h5-14,28H,3-4,15-17H2,1-2H3/t22-,24+/m0/s1. The van der Waals surface area contributed by atoms with E-state index in [4.69, 9.17) is 9.47 Å². The lowest BCUT2D eigenvalue weighted by Gasteiger charge is -2.33. The minimum absolute atomic E-state index is 0.0291. The minimum atomic E-state index is -1.99. The van der Waals surface area contributed by atoms with Crippen LogP contribution in [0.15, 0.2) is 60.7 Å². The Balaban J connectivity index is 1.86. The number of fused-ring (bicyclic) bond motifs is 1. The van der Waals surface area contributed by atoms with Gasteiger partial charge in [-0.3, -0.25) is 9.59 Å². The fraction of sp³-hybridized carbons (Fsp3) is 0.417. The van der Waals surface area contributed by atoms with Crippen LogP contribution in [0, 0.1) is 5.41 Å². The van der Waals surface area contributed by atoms with Crippen molar-refractivity contribution in [3.05, 3.63) is 71.8 Å². The Bertz CT molecular complexity index is 892. The van der Waals surface area contributed by atoms with Gasteiger partial charge in [-0.25, -0.2) is 0 Å². The van der Waals surface area contributed by atoms with Crippen LogP contribution in [-0.2, 0) is 24.7 Å². The number of unbranched alkanes of at least 4 members (excludes halogenated alkanes) is 1. The van der Waals surface area contributed by atoms with Gasteiger partial charge in [0.1, 0.15) is 5.60 Å². The van der Waals surface area contributed by atoms with Gasteiger partial charge < -0.3 is 19.5 Å². The molecule has 2 aromatic carbocycles. The molecule has 1 amide bonds. The van der Waals surface area contributed by atoms with Gasteiger partial charge in [0.05, 0.1) is 13.2 Å². The number of carbonyl (C=O) groups is 2. The summed E-state index contributed by atoms with van der Waals surface area (Å²) in [6.07, 6.45) is 1.51. The van der Waals surface area contributed by atoms with Crippen LogP contribution in [0.1, 0.15) is 37.3 Å². The molecule has 0 aromatic heterocycles. The molecule has 0 radical (unpaired) electrons. The van der Waals surface area contributed by atoms with Crippen LogP contribution >= 0.6 is 0 Å². The summed E-state index contributed by atoms with van der Waals surface area (Å²) in [6, 6.07) is 18.8. The number of ether oxygens (including phenoxy) is 2. The molecule has 2 aromatic rings. The Kier molecular flexibility index (Phi) is 5.16. The first-order valence-electron chi connectivity index (χ1n) is 10.4. The Labute approximate surface area is 176 Å². The molecule has 2 aliphatic rings. The molecule has 1 N–H and O–H groups in total. The lowest BCUT2D eigenvalue weighted by atomic mass is 9.72. The van der Waals surface area contributed by atoms with E-state index < -0.39 is 28.7 Å². The Morgan fingerprint density at radius 1 is 1.10 bits per heavy atom. The molecule has 2 aliphatic heterocycles. The number of benzene rings is 2. The second kappa shape index (κ2) is 7.52. The highest BCUT2D eigenvalue weighted by molar-refractivity contribution is 6.06. The zero-order valence-corrected chi connectivity index (χ0v) is 17.3. The maximum Gasteiger partial charge on any atom is 0.327 e. The normalized spacial score (nSPS) is 27.2. The van der Waals surface area contributed by atoms with Crippen LogP contribution in [0.3, 0.4) is 0 Å². The number of rotatable bonds is 6. The summed E-state index contributed by atoms with van der Waals surface area (Å²) in [5, 5.41) is 11.6. The Hall–Kier alpha value is -2.70. The maximum atomic E-state index is 13.3. The van der Waals surface area contributed by atoms with Gasteiger partial charge in [0.25, 0.3) is 0 Å². The number of hydrogen-bond acceptors (Lipinski definition) is 5. The lowest BCUT2D eigenvalue weighted by molar-refractivity contribution is -0.239. The minimum Gasteiger partial charge on any atom is -0.465 e. The molecule has 0 spiro atoms. The second-order valence-electron chi connectivity index (χ2n) is 8.18. The zero-order valence-electron chi connectivity index (χ0n) is 17.3. The number of amides is 1. The first kappa shape index (κ1) is 20.6. The summed E-state index contributed by atoms with van der Waals surface area (Å²) < 4.78 is 11.9. The van der Waals surface area contributed by atoms with E-state index in [0.717, 1.165) is 17.5 Å². The molecule has 0 unspecified atom stereocenters. The third-order valence-corrected chi connectivity index (χ3v) is 6.25. The molecule has 2 atom stereocenters. The van der Waals surface area contributed by atoms with Gasteiger partial charge in [0.2, 0.25) is 17.1 Å². The van der Waals surface area contributed by atoms with Crippen molar-refractivity contribution in [3.8, 4) is 0 Å². The van der Waals surface area contributed by atoms with Gasteiger partial charge >= 0.3 is 5.97 Å². The molecule has 0 bridgehead atoms. The van der Waals surface area contributed by atoms with Gasteiger partial charge in [-0.05, 0) is 17.5 Å². The highest BCUT2D eigenvalue weighted by atomic mass is 16.7. The lowest BCUT2D eigenvalue weighted by Crippen LogP contribution is -2.52. The Morgan fingerprint density at radius 2 is 1.67 bits per heavy atom. The average molecular weight is 409 g/mol. The largest absolute Gasteiger partial charge is 0.465 e. The van der Waals surface area contributed by atoms with Crippen molar-refractivity contribution >= 4 is 11.9 Å². The van der Waals surface area contributed by atoms with E-state index in [1.54, 1.807) is 7.05 Å². The van der Waals surface area contributed by atoms with Gasteiger partial charge in [0.15, 0.2) is 0 Å². The number of β-amino-alcohol motifs (C(OH)–C–C–N with tert-alkyl or cyclic N) is 1. The van der Waals surface area contributed by atoms with Crippen molar-refractivity contribution < 1.29 is 24.2 Å². The summed E-state index contributed by atoms with van der Waals surface area (Å²) in [4.78, 5) is 28.0. The molecular weight excluding hydrogens is 382 g/mol. The first-order valence-corrected chi connectivity index (χ1v) is 10.4. The van der Waals surface area contributed by atoms with Crippen molar-refractivity contribution in [3.63, 3.8) is 0 Å². The van der Waals surface area contributed by atoms with Crippen molar-refractivity contribution in [1.29, 1.82) is 0 Å².